The summed E-state index contributed by atoms with van der Waals surface area (Å²) in [6, 6.07) is 9.43. The van der Waals surface area contributed by atoms with Crippen LogP contribution in [-0.4, -0.2) is 43.2 Å². The Kier molecular flexibility index (Phi) is 6.62. The van der Waals surface area contributed by atoms with Crippen molar-refractivity contribution < 1.29 is 23.4 Å². The number of benzene rings is 1. The van der Waals surface area contributed by atoms with Gasteiger partial charge in [0.2, 0.25) is 0 Å². The molecule has 2 aromatic rings. The zero-order chi connectivity index (χ0) is 20.1. The van der Waals surface area contributed by atoms with Crippen LogP contribution in [0.1, 0.15) is 49.1 Å². The van der Waals surface area contributed by atoms with Gasteiger partial charge in [0, 0.05) is 13.1 Å². The lowest BCUT2D eigenvalue weighted by atomic mass is 10.1. The number of morpholine rings is 1. The van der Waals surface area contributed by atoms with Crippen molar-refractivity contribution >= 4 is 5.91 Å². The molecule has 0 bridgehead atoms. The van der Waals surface area contributed by atoms with Crippen molar-refractivity contribution in [2.75, 3.05) is 20.2 Å². The number of aryl methyl sites for hydroxylation is 1. The highest BCUT2D eigenvalue weighted by Gasteiger charge is 2.28. The number of amides is 1. The maximum atomic E-state index is 12.7. The van der Waals surface area contributed by atoms with Gasteiger partial charge in [-0.3, -0.25) is 4.79 Å². The molecule has 0 N–H and O–H groups in total. The van der Waals surface area contributed by atoms with Crippen LogP contribution in [-0.2, 0) is 17.8 Å². The SMILES string of the molecule is CCCc1ccc(OCc2ccc(C(=O)N3CC(C)OC(C)C3)o2)c(OC)c1. The Morgan fingerprint density at radius 2 is 1.89 bits per heavy atom. The lowest BCUT2D eigenvalue weighted by Crippen LogP contribution is -2.48. The van der Waals surface area contributed by atoms with E-state index in [2.05, 4.69) is 6.92 Å². The van der Waals surface area contributed by atoms with Crippen LogP contribution < -0.4 is 9.47 Å². The smallest absolute Gasteiger partial charge is 0.289 e. The summed E-state index contributed by atoms with van der Waals surface area (Å²) in [6.45, 7) is 7.44. The van der Waals surface area contributed by atoms with Crippen molar-refractivity contribution in [3.8, 4) is 11.5 Å². The first-order valence-corrected chi connectivity index (χ1v) is 9.83. The predicted molar refractivity (Wildman–Crippen MR) is 106 cm³/mol. The molecule has 0 saturated carbocycles. The molecule has 2 heterocycles. The lowest BCUT2D eigenvalue weighted by Gasteiger charge is -2.34. The van der Waals surface area contributed by atoms with Gasteiger partial charge in [-0.25, -0.2) is 0 Å². The van der Waals surface area contributed by atoms with Crippen LogP contribution in [0, 0.1) is 0 Å². The number of carbonyl (C=O) groups is 1. The van der Waals surface area contributed by atoms with Crippen LogP contribution in [0.3, 0.4) is 0 Å². The second-order valence-electron chi connectivity index (χ2n) is 7.26. The van der Waals surface area contributed by atoms with Crippen molar-refractivity contribution in [2.24, 2.45) is 0 Å². The molecule has 0 spiro atoms. The van der Waals surface area contributed by atoms with Crippen molar-refractivity contribution in [3.63, 3.8) is 0 Å². The van der Waals surface area contributed by atoms with Crippen molar-refractivity contribution in [1.29, 1.82) is 0 Å². The number of hydrogen-bond acceptors (Lipinski definition) is 5. The zero-order valence-electron chi connectivity index (χ0n) is 17.1. The molecule has 1 aromatic carbocycles. The minimum absolute atomic E-state index is 0.0219. The quantitative estimate of drug-likeness (QED) is 0.717. The van der Waals surface area contributed by atoms with Gasteiger partial charge in [-0.05, 0) is 50.1 Å². The molecule has 1 aliphatic rings. The van der Waals surface area contributed by atoms with Gasteiger partial charge in [0.1, 0.15) is 12.4 Å². The van der Waals surface area contributed by atoms with E-state index in [0.717, 1.165) is 12.8 Å². The molecule has 0 aliphatic carbocycles. The molecule has 1 aromatic heterocycles. The fraction of sp³-hybridized carbons (Fsp3) is 0.500. The highest BCUT2D eigenvalue weighted by molar-refractivity contribution is 5.91. The molecule has 1 amide bonds. The first-order valence-electron chi connectivity index (χ1n) is 9.83. The van der Waals surface area contributed by atoms with Crippen LogP contribution in [0.4, 0.5) is 0 Å². The molecule has 1 aliphatic heterocycles. The van der Waals surface area contributed by atoms with Gasteiger partial charge in [-0.2, -0.15) is 0 Å². The molecule has 3 rings (SSSR count). The minimum Gasteiger partial charge on any atom is -0.493 e. The van der Waals surface area contributed by atoms with E-state index in [0.29, 0.717) is 36.1 Å². The highest BCUT2D eigenvalue weighted by atomic mass is 16.5. The molecular weight excluding hydrogens is 358 g/mol. The molecule has 6 heteroatoms. The Balaban J connectivity index is 1.63. The summed E-state index contributed by atoms with van der Waals surface area (Å²) in [5.74, 6) is 2.16. The Bertz CT molecular complexity index is 790. The molecule has 6 nitrogen and oxygen atoms in total. The van der Waals surface area contributed by atoms with Crippen molar-refractivity contribution in [2.45, 2.75) is 52.4 Å². The Labute approximate surface area is 166 Å². The largest absolute Gasteiger partial charge is 0.493 e. The summed E-state index contributed by atoms with van der Waals surface area (Å²) in [4.78, 5) is 14.5. The molecule has 28 heavy (non-hydrogen) atoms. The van der Waals surface area contributed by atoms with Crippen molar-refractivity contribution in [3.05, 3.63) is 47.4 Å². The van der Waals surface area contributed by atoms with E-state index >= 15 is 0 Å². The maximum absolute atomic E-state index is 12.7. The maximum Gasteiger partial charge on any atom is 0.289 e. The first kappa shape index (κ1) is 20.3. The monoisotopic (exact) mass is 387 g/mol. The highest BCUT2D eigenvalue weighted by Crippen LogP contribution is 2.29. The van der Waals surface area contributed by atoms with Gasteiger partial charge in [0.05, 0.1) is 19.3 Å². The molecule has 2 atom stereocenters. The number of rotatable bonds is 7. The summed E-state index contributed by atoms with van der Waals surface area (Å²) >= 11 is 0. The molecule has 1 saturated heterocycles. The zero-order valence-corrected chi connectivity index (χ0v) is 17.1. The van der Waals surface area contributed by atoms with Crippen LogP contribution in [0.25, 0.3) is 0 Å². The van der Waals surface area contributed by atoms with Gasteiger partial charge in [-0.15, -0.1) is 0 Å². The van der Waals surface area contributed by atoms with Gasteiger partial charge in [0.15, 0.2) is 17.3 Å². The summed E-state index contributed by atoms with van der Waals surface area (Å²) in [5.41, 5.74) is 1.21. The van der Waals surface area contributed by atoms with Crippen molar-refractivity contribution in [1.82, 2.24) is 4.90 Å². The van der Waals surface area contributed by atoms with E-state index in [1.165, 1.54) is 5.56 Å². The Hall–Kier alpha value is -2.47. The van der Waals surface area contributed by atoms with E-state index in [-0.39, 0.29) is 24.7 Å². The van der Waals surface area contributed by atoms with E-state index in [1.54, 1.807) is 24.1 Å². The number of nitrogens with zero attached hydrogens (tertiary/aromatic N) is 1. The molecular formula is C22H29NO5. The third-order valence-corrected chi connectivity index (χ3v) is 4.72. The van der Waals surface area contributed by atoms with E-state index < -0.39 is 0 Å². The fourth-order valence-electron chi connectivity index (χ4n) is 3.49. The lowest BCUT2D eigenvalue weighted by molar-refractivity contribution is -0.0592. The summed E-state index contributed by atoms with van der Waals surface area (Å²) in [5, 5.41) is 0. The van der Waals surface area contributed by atoms with E-state index in [1.807, 2.05) is 32.0 Å². The average molecular weight is 387 g/mol. The summed E-state index contributed by atoms with van der Waals surface area (Å²) in [7, 11) is 1.63. The number of carbonyl (C=O) groups excluding carboxylic acids is 1. The number of furan rings is 1. The topological polar surface area (TPSA) is 61.1 Å². The fourth-order valence-corrected chi connectivity index (χ4v) is 3.49. The van der Waals surface area contributed by atoms with Crippen LogP contribution in [0.5, 0.6) is 11.5 Å². The molecule has 152 valence electrons. The molecule has 2 unspecified atom stereocenters. The Morgan fingerprint density at radius 1 is 1.14 bits per heavy atom. The van der Waals surface area contributed by atoms with E-state index in [9.17, 15) is 4.79 Å². The third-order valence-electron chi connectivity index (χ3n) is 4.72. The third kappa shape index (κ3) is 4.87. The molecule has 0 radical (unpaired) electrons. The van der Waals surface area contributed by atoms with E-state index in [4.69, 9.17) is 18.6 Å². The predicted octanol–water partition coefficient (Wildman–Crippen LogP) is 4.07. The standard InChI is InChI=1S/C22H29NO5/c1-5-6-17-7-9-19(21(11-17)25-4)26-14-18-8-10-20(28-18)22(24)23-12-15(2)27-16(3)13-23/h7-11,15-16H,5-6,12-14H2,1-4H3. The average Bonchev–Trinajstić information content (AvgIpc) is 3.14. The first-order chi connectivity index (χ1) is 13.5. The van der Waals surface area contributed by atoms with Crippen LogP contribution in [0.2, 0.25) is 0 Å². The number of methoxy groups -OCH3 is 1. The Morgan fingerprint density at radius 3 is 2.57 bits per heavy atom. The van der Waals surface area contributed by atoms with Gasteiger partial charge in [-0.1, -0.05) is 19.4 Å². The number of hydrogen-bond donors (Lipinski definition) is 0. The van der Waals surface area contributed by atoms with Crippen LogP contribution >= 0.6 is 0 Å². The summed E-state index contributed by atoms with van der Waals surface area (Å²) < 4.78 is 22.7. The van der Waals surface area contributed by atoms with Crippen LogP contribution in [0.15, 0.2) is 34.7 Å². The normalized spacial score (nSPS) is 19.5. The second-order valence-corrected chi connectivity index (χ2v) is 7.26. The second kappa shape index (κ2) is 9.15. The van der Waals surface area contributed by atoms with Gasteiger partial charge >= 0.3 is 0 Å². The van der Waals surface area contributed by atoms with Gasteiger partial charge < -0.3 is 23.5 Å². The number of ether oxygens (including phenoxy) is 3. The molecule has 1 fully saturated rings. The van der Waals surface area contributed by atoms with Gasteiger partial charge in [0.25, 0.3) is 5.91 Å². The minimum atomic E-state index is -0.116. The summed E-state index contributed by atoms with van der Waals surface area (Å²) in [6.07, 6.45) is 2.12.